The number of ketones is 1. The number of Topliss-reactive ketones (excluding diaryl/α,β-unsaturated/α-hetero) is 1. The summed E-state index contributed by atoms with van der Waals surface area (Å²) in [6, 6.07) is 11.4. The van der Waals surface area contributed by atoms with Gasteiger partial charge < -0.3 is 10.6 Å². The van der Waals surface area contributed by atoms with Gasteiger partial charge in [-0.25, -0.2) is 4.98 Å². The third-order valence-electron chi connectivity index (χ3n) is 4.59. The zero-order chi connectivity index (χ0) is 18.8. The molecule has 0 saturated heterocycles. The molecule has 0 aliphatic heterocycles. The molecule has 0 spiro atoms. The lowest BCUT2D eigenvalue weighted by Crippen LogP contribution is -2.35. The van der Waals surface area contributed by atoms with E-state index >= 15 is 0 Å². The van der Waals surface area contributed by atoms with E-state index in [1.807, 2.05) is 43.3 Å². The van der Waals surface area contributed by atoms with E-state index in [-0.39, 0.29) is 17.7 Å². The zero-order valence-corrected chi connectivity index (χ0v) is 15.8. The third-order valence-corrected chi connectivity index (χ3v) is 5.79. The lowest BCUT2D eigenvalue weighted by Gasteiger charge is -2.27. The van der Waals surface area contributed by atoms with Crippen LogP contribution in [0, 0.1) is 6.92 Å². The van der Waals surface area contributed by atoms with Crippen molar-refractivity contribution >= 4 is 33.2 Å². The van der Waals surface area contributed by atoms with Crippen molar-refractivity contribution in [2.24, 2.45) is 5.73 Å². The Bertz CT molecular complexity index is 966. The Morgan fingerprint density at radius 1 is 1.27 bits per heavy atom. The van der Waals surface area contributed by atoms with Crippen molar-refractivity contribution in [2.75, 3.05) is 13.6 Å². The Hall–Kier alpha value is -2.57. The largest absolute Gasteiger partial charge is 0.333 e. The summed E-state index contributed by atoms with van der Waals surface area (Å²) in [5, 5.41) is 0.850. The minimum Gasteiger partial charge on any atom is -0.333 e. The van der Waals surface area contributed by atoms with Gasteiger partial charge in [0.2, 0.25) is 0 Å². The summed E-state index contributed by atoms with van der Waals surface area (Å²) in [5.41, 5.74) is 8.35. The molecule has 3 rings (SSSR count). The number of carbonyl (C=O) groups is 2. The van der Waals surface area contributed by atoms with Crippen LogP contribution in [0.15, 0.2) is 42.6 Å². The Balaban J connectivity index is 1.98. The SMILES string of the molecule is CC(=O)c1cnc2sc(C(=O)N(C)C(CN)c3ccccc3)c(C)c2c1. The summed E-state index contributed by atoms with van der Waals surface area (Å²) in [7, 11) is 1.77. The van der Waals surface area contributed by atoms with Crippen LogP contribution in [0.2, 0.25) is 0 Å². The summed E-state index contributed by atoms with van der Waals surface area (Å²) in [5.74, 6) is -0.128. The van der Waals surface area contributed by atoms with Gasteiger partial charge in [0.1, 0.15) is 4.83 Å². The Morgan fingerprint density at radius 3 is 2.58 bits per heavy atom. The molecular formula is C20H21N3O2S. The normalized spacial score (nSPS) is 12.2. The fraction of sp³-hybridized carbons (Fsp3) is 0.250. The van der Waals surface area contributed by atoms with Gasteiger partial charge in [0.15, 0.2) is 5.78 Å². The number of hydrogen-bond acceptors (Lipinski definition) is 5. The van der Waals surface area contributed by atoms with Gasteiger partial charge in [-0.05, 0) is 31.0 Å². The van der Waals surface area contributed by atoms with Gasteiger partial charge in [-0.15, -0.1) is 11.3 Å². The summed E-state index contributed by atoms with van der Waals surface area (Å²) in [6.07, 6.45) is 1.56. The standard InChI is InChI=1S/C20H21N3O2S/c1-12-16-9-15(13(2)24)11-22-19(16)26-18(12)20(25)23(3)17(10-21)14-7-5-4-6-8-14/h4-9,11,17H,10,21H2,1-3H3. The van der Waals surface area contributed by atoms with Crippen molar-refractivity contribution in [3.8, 4) is 0 Å². The number of rotatable bonds is 5. The van der Waals surface area contributed by atoms with Crippen LogP contribution in [0.4, 0.5) is 0 Å². The number of pyridine rings is 1. The van der Waals surface area contributed by atoms with Crippen LogP contribution in [-0.2, 0) is 0 Å². The fourth-order valence-corrected chi connectivity index (χ4v) is 4.10. The van der Waals surface area contributed by atoms with Gasteiger partial charge >= 0.3 is 0 Å². The van der Waals surface area contributed by atoms with E-state index in [1.54, 1.807) is 18.1 Å². The molecule has 5 nitrogen and oxygen atoms in total. The van der Waals surface area contributed by atoms with Crippen molar-refractivity contribution in [1.29, 1.82) is 0 Å². The summed E-state index contributed by atoms with van der Waals surface area (Å²) < 4.78 is 0. The number of hydrogen-bond donors (Lipinski definition) is 1. The number of aromatic nitrogens is 1. The fourth-order valence-electron chi connectivity index (χ4n) is 2.99. The maximum Gasteiger partial charge on any atom is 0.264 e. The molecule has 2 heterocycles. The number of carbonyl (C=O) groups excluding carboxylic acids is 2. The highest BCUT2D eigenvalue weighted by molar-refractivity contribution is 7.20. The molecule has 2 N–H and O–H groups in total. The molecule has 1 unspecified atom stereocenters. The minimum atomic E-state index is -0.200. The van der Waals surface area contributed by atoms with E-state index in [2.05, 4.69) is 4.98 Å². The molecule has 0 radical (unpaired) electrons. The molecule has 2 aromatic heterocycles. The molecule has 1 amide bonds. The molecule has 0 saturated carbocycles. The molecule has 0 bridgehead atoms. The first-order chi connectivity index (χ1) is 12.4. The Kier molecular flexibility index (Phi) is 5.15. The van der Waals surface area contributed by atoms with Crippen LogP contribution in [-0.4, -0.2) is 35.2 Å². The number of fused-ring (bicyclic) bond motifs is 1. The first-order valence-corrected chi connectivity index (χ1v) is 9.18. The van der Waals surface area contributed by atoms with Crippen LogP contribution in [0.25, 0.3) is 10.2 Å². The van der Waals surface area contributed by atoms with Crippen molar-refractivity contribution < 1.29 is 9.59 Å². The van der Waals surface area contributed by atoms with Crippen LogP contribution in [0.1, 0.15) is 44.1 Å². The quantitative estimate of drug-likeness (QED) is 0.699. The van der Waals surface area contributed by atoms with Crippen LogP contribution < -0.4 is 5.73 Å². The second kappa shape index (κ2) is 7.35. The molecule has 0 aliphatic rings. The third kappa shape index (κ3) is 3.25. The number of nitrogens with zero attached hydrogens (tertiary/aromatic N) is 2. The molecule has 0 aliphatic carbocycles. The molecule has 1 aromatic carbocycles. The Labute approximate surface area is 156 Å². The molecule has 6 heteroatoms. The number of amides is 1. The molecule has 1 atom stereocenters. The molecular weight excluding hydrogens is 346 g/mol. The monoisotopic (exact) mass is 367 g/mol. The second-order valence-electron chi connectivity index (χ2n) is 6.27. The van der Waals surface area contributed by atoms with E-state index in [1.165, 1.54) is 18.3 Å². The average molecular weight is 367 g/mol. The Morgan fingerprint density at radius 2 is 1.96 bits per heavy atom. The van der Waals surface area contributed by atoms with E-state index in [0.717, 1.165) is 21.3 Å². The van der Waals surface area contributed by atoms with Crippen LogP contribution in [0.3, 0.4) is 0 Å². The number of aryl methyl sites for hydroxylation is 1. The maximum atomic E-state index is 13.1. The summed E-state index contributed by atoms with van der Waals surface area (Å²) in [6.45, 7) is 3.74. The van der Waals surface area contributed by atoms with Gasteiger partial charge in [0.05, 0.1) is 10.9 Å². The lowest BCUT2D eigenvalue weighted by molar-refractivity contribution is 0.0739. The predicted molar refractivity (Wildman–Crippen MR) is 105 cm³/mol. The van der Waals surface area contributed by atoms with Gasteiger partial charge in [0, 0.05) is 30.7 Å². The molecule has 3 aromatic rings. The first-order valence-electron chi connectivity index (χ1n) is 8.36. The number of nitrogens with two attached hydrogens (primary N) is 1. The van der Waals surface area contributed by atoms with Crippen molar-refractivity contribution in [3.63, 3.8) is 0 Å². The first kappa shape index (κ1) is 18.2. The average Bonchev–Trinajstić information content (AvgIpc) is 2.98. The van der Waals surface area contributed by atoms with Gasteiger partial charge in [0.25, 0.3) is 5.91 Å². The van der Waals surface area contributed by atoms with E-state index in [9.17, 15) is 9.59 Å². The number of likely N-dealkylation sites (N-methyl/N-ethyl adjacent to an activating group) is 1. The minimum absolute atomic E-state index is 0.0396. The van der Waals surface area contributed by atoms with E-state index in [4.69, 9.17) is 5.73 Å². The highest BCUT2D eigenvalue weighted by Gasteiger charge is 2.25. The highest BCUT2D eigenvalue weighted by Crippen LogP contribution is 2.32. The topological polar surface area (TPSA) is 76.3 Å². The van der Waals surface area contributed by atoms with Gasteiger partial charge in [-0.2, -0.15) is 0 Å². The van der Waals surface area contributed by atoms with Gasteiger partial charge in [-0.1, -0.05) is 30.3 Å². The summed E-state index contributed by atoms with van der Waals surface area (Å²) >= 11 is 1.35. The van der Waals surface area contributed by atoms with Crippen molar-refractivity contribution in [1.82, 2.24) is 9.88 Å². The highest BCUT2D eigenvalue weighted by atomic mass is 32.1. The smallest absolute Gasteiger partial charge is 0.264 e. The van der Waals surface area contributed by atoms with Crippen molar-refractivity contribution in [2.45, 2.75) is 19.9 Å². The predicted octanol–water partition coefficient (Wildman–Crippen LogP) is 3.58. The van der Waals surface area contributed by atoms with E-state index in [0.29, 0.717) is 17.0 Å². The van der Waals surface area contributed by atoms with Gasteiger partial charge in [-0.3, -0.25) is 9.59 Å². The maximum absolute atomic E-state index is 13.1. The lowest BCUT2D eigenvalue weighted by atomic mass is 10.0. The number of thiophene rings is 1. The summed E-state index contributed by atoms with van der Waals surface area (Å²) in [4.78, 5) is 32.1. The van der Waals surface area contributed by atoms with Crippen LogP contribution in [0.5, 0.6) is 0 Å². The zero-order valence-electron chi connectivity index (χ0n) is 15.0. The molecule has 0 fully saturated rings. The second-order valence-corrected chi connectivity index (χ2v) is 7.27. The molecule has 26 heavy (non-hydrogen) atoms. The van der Waals surface area contributed by atoms with Crippen molar-refractivity contribution in [3.05, 3.63) is 64.2 Å². The van der Waals surface area contributed by atoms with Crippen LogP contribution >= 0.6 is 11.3 Å². The molecule has 134 valence electrons. The number of benzene rings is 1. The van der Waals surface area contributed by atoms with E-state index < -0.39 is 0 Å².